The maximum absolute atomic E-state index is 13.5. The number of amides is 1. The summed E-state index contributed by atoms with van der Waals surface area (Å²) in [4.78, 5) is 32.4. The molecule has 1 aliphatic rings. The number of hydrogen-bond donors (Lipinski definition) is 0. The Labute approximate surface area is 188 Å². The maximum atomic E-state index is 13.5. The molecule has 6 rings (SSSR count). The summed E-state index contributed by atoms with van der Waals surface area (Å²) in [5, 5.41) is 1.81. The van der Waals surface area contributed by atoms with E-state index in [-0.39, 0.29) is 5.91 Å². The van der Waals surface area contributed by atoms with Gasteiger partial charge in [-0.15, -0.1) is 0 Å². The predicted molar refractivity (Wildman–Crippen MR) is 125 cm³/mol. The highest BCUT2D eigenvalue weighted by Gasteiger charge is 2.26. The van der Waals surface area contributed by atoms with Crippen LogP contribution in [0.4, 0.5) is 5.13 Å². The van der Waals surface area contributed by atoms with Crippen molar-refractivity contribution in [1.29, 1.82) is 0 Å². The number of para-hydroxylation sites is 1. The van der Waals surface area contributed by atoms with Gasteiger partial charge in [0.1, 0.15) is 16.0 Å². The van der Waals surface area contributed by atoms with Crippen LogP contribution in [0.2, 0.25) is 0 Å². The second-order valence-corrected chi connectivity index (χ2v) is 8.61. The zero-order valence-electron chi connectivity index (χ0n) is 17.1. The number of furan rings is 1. The first-order chi connectivity index (χ1) is 15.8. The molecule has 0 aliphatic carbocycles. The van der Waals surface area contributed by atoms with Crippen LogP contribution in [0.5, 0.6) is 0 Å². The lowest BCUT2D eigenvalue weighted by atomic mass is 10.0. The Hall–Kier alpha value is -3.78. The summed E-state index contributed by atoms with van der Waals surface area (Å²) in [6.07, 6.45) is 3.40. The molecule has 1 aromatic carbocycles. The molecule has 1 saturated heterocycles. The van der Waals surface area contributed by atoms with E-state index in [1.807, 2.05) is 59.5 Å². The number of hydrogen-bond acceptors (Lipinski definition) is 7. The molecule has 0 unspecified atom stereocenters. The molecule has 158 valence electrons. The lowest BCUT2D eigenvalue weighted by Gasteiger charge is -2.34. The van der Waals surface area contributed by atoms with E-state index in [2.05, 4.69) is 9.88 Å². The molecule has 0 N–H and O–H groups in total. The first kappa shape index (κ1) is 18.9. The van der Waals surface area contributed by atoms with Crippen LogP contribution >= 0.6 is 11.3 Å². The molecule has 8 heteroatoms. The molecular formula is C24H19N5O2S. The van der Waals surface area contributed by atoms with Crippen molar-refractivity contribution in [2.75, 3.05) is 31.1 Å². The number of thiazole rings is 1. The molecule has 5 heterocycles. The van der Waals surface area contributed by atoms with E-state index >= 15 is 0 Å². The fourth-order valence-corrected chi connectivity index (χ4v) is 5.03. The monoisotopic (exact) mass is 441 g/mol. The van der Waals surface area contributed by atoms with Gasteiger partial charge in [-0.1, -0.05) is 29.5 Å². The molecule has 0 saturated carbocycles. The number of piperazine rings is 1. The Morgan fingerprint density at radius 1 is 0.938 bits per heavy atom. The van der Waals surface area contributed by atoms with Crippen LogP contribution in [0.1, 0.15) is 10.4 Å². The van der Waals surface area contributed by atoms with Crippen LogP contribution < -0.4 is 4.90 Å². The Balaban J connectivity index is 1.27. The molecule has 7 nitrogen and oxygen atoms in total. The molecule has 1 fully saturated rings. The third-order valence-corrected chi connectivity index (χ3v) is 6.75. The van der Waals surface area contributed by atoms with E-state index in [0.717, 1.165) is 39.5 Å². The van der Waals surface area contributed by atoms with Crippen LogP contribution in [0.15, 0.2) is 71.5 Å². The quantitative estimate of drug-likeness (QED) is 0.411. The summed E-state index contributed by atoms with van der Waals surface area (Å²) in [5.74, 6) is 0.668. The molecule has 0 atom stereocenters. The first-order valence-electron chi connectivity index (χ1n) is 10.5. The van der Waals surface area contributed by atoms with Crippen molar-refractivity contribution < 1.29 is 9.21 Å². The minimum absolute atomic E-state index is 0.0158. The van der Waals surface area contributed by atoms with E-state index in [0.29, 0.717) is 30.1 Å². The average Bonchev–Trinajstić information content (AvgIpc) is 3.53. The molecule has 1 aliphatic heterocycles. The lowest BCUT2D eigenvalue weighted by molar-refractivity contribution is 0.0748. The minimum Gasteiger partial charge on any atom is -0.463 e. The smallest absolute Gasteiger partial charge is 0.254 e. The van der Waals surface area contributed by atoms with Crippen LogP contribution in [-0.4, -0.2) is 51.9 Å². The van der Waals surface area contributed by atoms with Crippen molar-refractivity contribution in [3.8, 4) is 11.5 Å². The summed E-state index contributed by atoms with van der Waals surface area (Å²) in [6, 6.07) is 17.2. The third-order valence-electron chi connectivity index (χ3n) is 5.71. The fraction of sp³-hybridized carbons (Fsp3) is 0.167. The second-order valence-electron chi connectivity index (χ2n) is 7.65. The van der Waals surface area contributed by atoms with Crippen LogP contribution in [0, 0.1) is 0 Å². The highest BCUT2D eigenvalue weighted by molar-refractivity contribution is 7.21. The minimum atomic E-state index is 0.0158. The van der Waals surface area contributed by atoms with Crippen molar-refractivity contribution in [2.24, 2.45) is 0 Å². The van der Waals surface area contributed by atoms with Crippen molar-refractivity contribution in [3.63, 3.8) is 0 Å². The van der Waals surface area contributed by atoms with Crippen LogP contribution in [0.25, 0.3) is 32.7 Å². The van der Waals surface area contributed by atoms with Gasteiger partial charge in [-0.3, -0.25) is 4.79 Å². The van der Waals surface area contributed by atoms with E-state index in [9.17, 15) is 4.79 Å². The van der Waals surface area contributed by atoms with Gasteiger partial charge in [0.25, 0.3) is 5.91 Å². The lowest BCUT2D eigenvalue weighted by Crippen LogP contribution is -2.48. The predicted octanol–water partition coefficient (Wildman–Crippen LogP) is 4.46. The van der Waals surface area contributed by atoms with E-state index < -0.39 is 0 Å². The summed E-state index contributed by atoms with van der Waals surface area (Å²) in [7, 11) is 0. The number of carbonyl (C=O) groups is 1. The summed E-state index contributed by atoms with van der Waals surface area (Å²) in [5.41, 5.74) is 3.02. The van der Waals surface area contributed by atoms with Crippen LogP contribution in [0.3, 0.4) is 0 Å². The van der Waals surface area contributed by atoms with Gasteiger partial charge >= 0.3 is 0 Å². The molecule has 5 aromatic rings. The van der Waals surface area contributed by atoms with Gasteiger partial charge in [0, 0.05) is 37.8 Å². The highest BCUT2D eigenvalue weighted by atomic mass is 32.1. The first-order valence-corrected chi connectivity index (χ1v) is 11.3. The van der Waals surface area contributed by atoms with Crippen molar-refractivity contribution in [3.05, 3.63) is 72.6 Å². The second kappa shape index (κ2) is 7.72. The normalized spacial score (nSPS) is 14.4. The molecule has 1 amide bonds. The van der Waals surface area contributed by atoms with Crippen molar-refractivity contribution in [1.82, 2.24) is 19.9 Å². The number of benzene rings is 1. The zero-order valence-corrected chi connectivity index (χ0v) is 18.0. The van der Waals surface area contributed by atoms with Crippen molar-refractivity contribution in [2.45, 2.75) is 0 Å². The summed E-state index contributed by atoms with van der Waals surface area (Å²) < 4.78 is 5.53. The zero-order chi connectivity index (χ0) is 21.5. The number of pyridine rings is 2. The van der Waals surface area contributed by atoms with Gasteiger partial charge in [-0.05, 0) is 36.4 Å². The van der Waals surface area contributed by atoms with E-state index in [4.69, 9.17) is 14.4 Å². The molecular weight excluding hydrogens is 422 g/mol. The van der Waals surface area contributed by atoms with Crippen LogP contribution in [-0.2, 0) is 0 Å². The highest BCUT2D eigenvalue weighted by Crippen LogP contribution is 2.29. The summed E-state index contributed by atoms with van der Waals surface area (Å²) in [6.45, 7) is 2.74. The Bertz CT molecular complexity index is 1390. The molecule has 0 bridgehead atoms. The number of aromatic nitrogens is 3. The SMILES string of the molecule is O=C(c1cc(-c2ccco2)nc2ccccc12)N1CCN(c2nc3cccnc3s2)CC1. The van der Waals surface area contributed by atoms with E-state index in [1.165, 1.54) is 0 Å². The van der Waals surface area contributed by atoms with Gasteiger partial charge in [0.2, 0.25) is 0 Å². The molecule has 0 radical (unpaired) electrons. The number of fused-ring (bicyclic) bond motifs is 2. The van der Waals surface area contributed by atoms with Gasteiger partial charge in [0.15, 0.2) is 10.9 Å². The topological polar surface area (TPSA) is 75.4 Å². The van der Waals surface area contributed by atoms with E-state index in [1.54, 1.807) is 23.8 Å². The molecule has 4 aromatic heterocycles. The standard InChI is InChI=1S/C24H19N5O2S/c30-23(17-15-20(21-8-4-14-31-21)26-18-6-2-1-5-16(17)18)28-10-12-29(13-11-28)24-27-19-7-3-9-25-22(19)32-24/h1-9,14-15H,10-13H2. The third kappa shape index (κ3) is 3.29. The number of anilines is 1. The van der Waals surface area contributed by atoms with Crippen molar-refractivity contribution >= 4 is 43.6 Å². The van der Waals surface area contributed by atoms with Gasteiger partial charge in [0.05, 0.1) is 17.3 Å². The Morgan fingerprint density at radius 2 is 1.78 bits per heavy atom. The average molecular weight is 442 g/mol. The largest absolute Gasteiger partial charge is 0.463 e. The van der Waals surface area contributed by atoms with Gasteiger partial charge < -0.3 is 14.2 Å². The fourth-order valence-electron chi connectivity index (χ4n) is 4.07. The Morgan fingerprint density at radius 3 is 2.59 bits per heavy atom. The summed E-state index contributed by atoms with van der Waals surface area (Å²) >= 11 is 1.59. The molecule has 0 spiro atoms. The number of nitrogens with zero attached hydrogens (tertiary/aromatic N) is 5. The van der Waals surface area contributed by atoms with Gasteiger partial charge in [-0.2, -0.15) is 0 Å². The number of rotatable bonds is 3. The number of carbonyl (C=O) groups excluding carboxylic acids is 1. The Kier molecular flexibility index (Phi) is 4.57. The maximum Gasteiger partial charge on any atom is 0.254 e. The van der Waals surface area contributed by atoms with Gasteiger partial charge in [-0.25, -0.2) is 15.0 Å². The molecule has 32 heavy (non-hydrogen) atoms.